The zero-order valence-corrected chi connectivity index (χ0v) is 19.8. The first-order valence-electron chi connectivity index (χ1n) is 11.8. The minimum Gasteiger partial charge on any atom is -0.367 e. The SMILES string of the molecule is CC(C)CN1CCC(Nc2ncnc3sc4c(c23)CCCC4)CC1c1c(F)cc(F)cc1F. The van der Waals surface area contributed by atoms with E-state index in [4.69, 9.17) is 0 Å². The van der Waals surface area contributed by atoms with Crippen molar-refractivity contribution < 1.29 is 13.2 Å². The molecule has 5 rings (SSSR count). The van der Waals surface area contributed by atoms with Crippen molar-refractivity contribution in [1.29, 1.82) is 0 Å². The largest absolute Gasteiger partial charge is 0.367 e. The molecule has 33 heavy (non-hydrogen) atoms. The number of fused-ring (bicyclic) bond motifs is 3. The number of thiophene rings is 1. The summed E-state index contributed by atoms with van der Waals surface area (Å²) in [5, 5.41) is 4.70. The number of hydrogen-bond acceptors (Lipinski definition) is 5. The van der Waals surface area contributed by atoms with E-state index in [1.807, 2.05) is 0 Å². The van der Waals surface area contributed by atoms with Crippen LogP contribution in [0.3, 0.4) is 0 Å². The molecule has 1 aliphatic carbocycles. The van der Waals surface area contributed by atoms with Gasteiger partial charge in [0.15, 0.2) is 0 Å². The summed E-state index contributed by atoms with van der Waals surface area (Å²) in [6.45, 7) is 5.61. The maximum absolute atomic E-state index is 14.8. The Morgan fingerprint density at radius 1 is 1.12 bits per heavy atom. The number of aromatic nitrogens is 2. The lowest BCUT2D eigenvalue weighted by Crippen LogP contribution is -2.43. The Hall–Kier alpha value is -2.19. The van der Waals surface area contributed by atoms with Crippen LogP contribution < -0.4 is 5.32 Å². The second kappa shape index (κ2) is 9.22. The predicted molar refractivity (Wildman–Crippen MR) is 126 cm³/mol. The zero-order valence-electron chi connectivity index (χ0n) is 19.0. The van der Waals surface area contributed by atoms with E-state index in [0.717, 1.165) is 54.0 Å². The van der Waals surface area contributed by atoms with Crippen LogP contribution in [-0.4, -0.2) is 34.0 Å². The van der Waals surface area contributed by atoms with Gasteiger partial charge in [0.2, 0.25) is 0 Å². The molecule has 2 unspecified atom stereocenters. The summed E-state index contributed by atoms with van der Waals surface area (Å²) in [5.74, 6) is -1.35. The smallest absolute Gasteiger partial charge is 0.138 e. The first kappa shape index (κ1) is 22.6. The molecule has 1 fully saturated rings. The highest BCUT2D eigenvalue weighted by atomic mass is 32.1. The molecular weight excluding hydrogens is 445 g/mol. The number of nitrogens with zero attached hydrogens (tertiary/aromatic N) is 3. The highest BCUT2D eigenvalue weighted by molar-refractivity contribution is 7.19. The van der Waals surface area contributed by atoms with Crippen LogP contribution >= 0.6 is 11.3 Å². The monoisotopic (exact) mass is 474 g/mol. The standard InChI is InChI=1S/C25H29F3N4S/c1-14(2)12-32-8-7-16(11-20(32)23-18(27)9-15(26)10-19(23)28)31-24-22-17-5-3-4-6-21(17)33-25(22)30-13-29-24/h9-10,13-14,16,20H,3-8,11-12H2,1-2H3,(H,29,30,31). The number of hydrogen-bond donors (Lipinski definition) is 1. The van der Waals surface area contributed by atoms with Gasteiger partial charge in [0.05, 0.1) is 5.39 Å². The third-order valence-electron chi connectivity index (χ3n) is 6.78. The minimum absolute atomic E-state index is 0.000458. The van der Waals surface area contributed by atoms with Crippen LogP contribution in [-0.2, 0) is 12.8 Å². The van der Waals surface area contributed by atoms with Crippen LogP contribution in [0.25, 0.3) is 10.2 Å². The van der Waals surface area contributed by atoms with Gasteiger partial charge in [-0.2, -0.15) is 0 Å². The number of likely N-dealkylation sites (tertiary alicyclic amines) is 1. The molecule has 1 aromatic carbocycles. The van der Waals surface area contributed by atoms with Gasteiger partial charge in [0.25, 0.3) is 0 Å². The fourth-order valence-electron chi connectivity index (χ4n) is 5.40. The molecule has 1 aliphatic heterocycles. The molecule has 8 heteroatoms. The summed E-state index contributed by atoms with van der Waals surface area (Å²) in [6.07, 6.45) is 7.47. The van der Waals surface area contributed by atoms with Gasteiger partial charge in [-0.05, 0) is 50.0 Å². The summed E-state index contributed by atoms with van der Waals surface area (Å²) >= 11 is 1.75. The molecule has 3 aromatic rings. The van der Waals surface area contributed by atoms with E-state index < -0.39 is 23.5 Å². The van der Waals surface area contributed by atoms with Crippen LogP contribution in [0, 0.1) is 23.4 Å². The number of halogens is 3. The molecule has 2 atom stereocenters. The van der Waals surface area contributed by atoms with Crippen molar-refractivity contribution in [2.45, 2.75) is 64.5 Å². The summed E-state index contributed by atoms with van der Waals surface area (Å²) in [4.78, 5) is 13.6. The normalized spacial score (nSPS) is 21.5. The fourth-order valence-corrected chi connectivity index (χ4v) is 6.63. The second-order valence-corrected chi connectivity index (χ2v) is 10.8. The maximum Gasteiger partial charge on any atom is 0.138 e. The predicted octanol–water partition coefficient (Wildman–Crippen LogP) is 6.26. The van der Waals surface area contributed by atoms with Gasteiger partial charge < -0.3 is 5.32 Å². The van der Waals surface area contributed by atoms with Crippen molar-refractivity contribution in [2.24, 2.45) is 5.92 Å². The van der Waals surface area contributed by atoms with E-state index in [-0.39, 0.29) is 11.6 Å². The van der Waals surface area contributed by atoms with E-state index in [9.17, 15) is 13.2 Å². The molecule has 176 valence electrons. The molecule has 2 aliphatic rings. The minimum atomic E-state index is -0.889. The maximum atomic E-state index is 14.8. The molecule has 3 heterocycles. The molecule has 0 amide bonds. The van der Waals surface area contributed by atoms with Gasteiger partial charge in [0, 0.05) is 47.7 Å². The highest BCUT2D eigenvalue weighted by Gasteiger charge is 2.34. The van der Waals surface area contributed by atoms with Crippen molar-refractivity contribution >= 4 is 27.4 Å². The number of aryl methyl sites for hydroxylation is 2. The Bertz CT molecular complexity index is 1140. The van der Waals surface area contributed by atoms with E-state index >= 15 is 0 Å². The van der Waals surface area contributed by atoms with Gasteiger partial charge in [-0.15, -0.1) is 11.3 Å². The third-order valence-corrected chi connectivity index (χ3v) is 7.98. The van der Waals surface area contributed by atoms with Crippen LogP contribution in [0.5, 0.6) is 0 Å². The van der Waals surface area contributed by atoms with Gasteiger partial charge in [-0.25, -0.2) is 23.1 Å². The molecule has 1 N–H and O–H groups in total. The molecule has 0 saturated carbocycles. The number of piperidine rings is 1. The average molecular weight is 475 g/mol. The number of anilines is 1. The Kier molecular flexibility index (Phi) is 6.31. The summed E-state index contributed by atoms with van der Waals surface area (Å²) in [6, 6.07) is 1.11. The summed E-state index contributed by atoms with van der Waals surface area (Å²) in [7, 11) is 0. The molecule has 2 aromatic heterocycles. The Labute approximate surface area is 196 Å². The van der Waals surface area contributed by atoms with Crippen LogP contribution in [0.4, 0.5) is 19.0 Å². The Balaban J connectivity index is 1.46. The first-order chi connectivity index (χ1) is 15.9. The van der Waals surface area contributed by atoms with E-state index in [2.05, 4.69) is 34.0 Å². The number of nitrogens with one attached hydrogen (secondary N) is 1. The number of rotatable bonds is 5. The van der Waals surface area contributed by atoms with Gasteiger partial charge in [-0.1, -0.05) is 13.8 Å². The van der Waals surface area contributed by atoms with Crippen LogP contribution in [0.15, 0.2) is 18.5 Å². The van der Waals surface area contributed by atoms with Crippen molar-refractivity contribution in [2.75, 3.05) is 18.4 Å². The lowest BCUT2D eigenvalue weighted by molar-refractivity contribution is 0.119. The van der Waals surface area contributed by atoms with Crippen LogP contribution in [0.1, 0.15) is 61.6 Å². The summed E-state index contributed by atoms with van der Waals surface area (Å²) in [5.41, 5.74) is 1.32. The lowest BCUT2D eigenvalue weighted by Gasteiger charge is -2.41. The molecule has 0 spiro atoms. The van der Waals surface area contributed by atoms with Crippen molar-refractivity contribution in [3.05, 3.63) is 51.9 Å². The van der Waals surface area contributed by atoms with E-state index in [0.29, 0.717) is 18.9 Å². The molecule has 1 saturated heterocycles. The van der Waals surface area contributed by atoms with Gasteiger partial charge in [-0.3, -0.25) is 4.90 Å². The molecule has 4 nitrogen and oxygen atoms in total. The first-order valence-corrected chi connectivity index (χ1v) is 12.6. The summed E-state index contributed by atoms with van der Waals surface area (Å²) < 4.78 is 43.1. The molecule has 0 radical (unpaired) electrons. The Morgan fingerprint density at radius 3 is 2.64 bits per heavy atom. The highest BCUT2D eigenvalue weighted by Crippen LogP contribution is 2.40. The second-order valence-electron chi connectivity index (χ2n) is 9.67. The lowest BCUT2D eigenvalue weighted by atomic mass is 9.90. The van der Waals surface area contributed by atoms with Gasteiger partial charge >= 0.3 is 0 Å². The van der Waals surface area contributed by atoms with Crippen LogP contribution in [0.2, 0.25) is 0 Å². The van der Waals surface area contributed by atoms with Crippen molar-refractivity contribution in [3.63, 3.8) is 0 Å². The fraction of sp³-hybridized carbons (Fsp3) is 0.520. The number of benzene rings is 1. The van der Waals surface area contributed by atoms with E-state index in [1.165, 1.54) is 23.3 Å². The average Bonchev–Trinajstić information content (AvgIpc) is 3.14. The van der Waals surface area contributed by atoms with Crippen molar-refractivity contribution in [1.82, 2.24) is 14.9 Å². The van der Waals surface area contributed by atoms with Gasteiger partial charge in [0.1, 0.15) is 34.4 Å². The van der Waals surface area contributed by atoms with E-state index in [1.54, 1.807) is 17.7 Å². The topological polar surface area (TPSA) is 41.0 Å². The van der Waals surface area contributed by atoms with Crippen molar-refractivity contribution in [3.8, 4) is 0 Å². The Morgan fingerprint density at radius 2 is 1.88 bits per heavy atom. The third kappa shape index (κ3) is 4.47. The molecular formula is C25H29F3N4S. The zero-order chi connectivity index (χ0) is 23.1. The molecule has 0 bridgehead atoms. The quantitative estimate of drug-likeness (QED) is 0.474.